The molecule has 4 heteroatoms. The average Bonchev–Trinajstić information content (AvgIpc) is 2.00. The zero-order valence-electron chi connectivity index (χ0n) is 7.59. The molecule has 14 heavy (non-hydrogen) atoms. The number of hydrogen-bond acceptors (Lipinski definition) is 1. The van der Waals surface area contributed by atoms with Gasteiger partial charge in [0.2, 0.25) is 0 Å². The number of hydrogen-bond donors (Lipinski definition) is 1. The molecule has 0 radical (unpaired) electrons. The van der Waals surface area contributed by atoms with Crippen molar-refractivity contribution in [1.29, 1.82) is 0 Å². The van der Waals surface area contributed by atoms with E-state index in [0.717, 1.165) is 23.7 Å². The molecule has 0 saturated heterocycles. The Bertz CT molecular complexity index is 339. The molecule has 1 nitrogen and oxygen atoms in total. The molecular formula is C10H12BrClFN. The van der Waals surface area contributed by atoms with Crippen molar-refractivity contribution >= 4 is 28.3 Å². The number of halogens is 3. The van der Waals surface area contributed by atoms with Gasteiger partial charge in [-0.05, 0) is 31.4 Å². The second kappa shape index (κ2) is 4.17. The van der Waals surface area contributed by atoms with E-state index in [2.05, 4.69) is 15.9 Å². The van der Waals surface area contributed by atoms with Gasteiger partial charge in [0.1, 0.15) is 5.82 Å². The van der Waals surface area contributed by atoms with Crippen LogP contribution in [0.3, 0.4) is 0 Å². The second-order valence-electron chi connectivity index (χ2n) is 3.63. The minimum absolute atomic E-state index is 0. The molecule has 0 spiro atoms. The highest BCUT2D eigenvalue weighted by Crippen LogP contribution is 2.40. The third-order valence-electron chi connectivity index (χ3n) is 2.71. The van der Waals surface area contributed by atoms with Crippen molar-refractivity contribution in [2.75, 3.05) is 0 Å². The van der Waals surface area contributed by atoms with Gasteiger partial charge < -0.3 is 5.73 Å². The first-order valence-electron chi connectivity index (χ1n) is 4.36. The molecule has 0 aliphatic heterocycles. The summed E-state index contributed by atoms with van der Waals surface area (Å²) >= 11 is 3.22. The fourth-order valence-electron chi connectivity index (χ4n) is 1.72. The summed E-state index contributed by atoms with van der Waals surface area (Å²) in [5, 5.41) is 0. The van der Waals surface area contributed by atoms with E-state index in [0.29, 0.717) is 5.56 Å². The molecule has 1 aliphatic carbocycles. The van der Waals surface area contributed by atoms with E-state index in [1.165, 1.54) is 6.07 Å². The van der Waals surface area contributed by atoms with Crippen LogP contribution < -0.4 is 5.73 Å². The van der Waals surface area contributed by atoms with Crippen LogP contribution >= 0.6 is 28.3 Å². The minimum atomic E-state index is -0.398. The van der Waals surface area contributed by atoms with Gasteiger partial charge in [-0.3, -0.25) is 0 Å². The van der Waals surface area contributed by atoms with Crippen molar-refractivity contribution in [3.63, 3.8) is 0 Å². The highest BCUT2D eigenvalue weighted by Gasteiger charge is 2.36. The molecule has 0 bridgehead atoms. The maximum atomic E-state index is 13.5. The van der Waals surface area contributed by atoms with Gasteiger partial charge in [-0.15, -0.1) is 12.4 Å². The summed E-state index contributed by atoms with van der Waals surface area (Å²) in [6.45, 7) is 0. The van der Waals surface area contributed by atoms with E-state index in [1.807, 2.05) is 6.07 Å². The predicted molar refractivity (Wildman–Crippen MR) is 61.1 cm³/mol. The van der Waals surface area contributed by atoms with E-state index in [1.54, 1.807) is 6.07 Å². The Hall–Kier alpha value is -0.120. The molecule has 0 atom stereocenters. The monoisotopic (exact) mass is 279 g/mol. The molecule has 0 amide bonds. The Balaban J connectivity index is 0.000000980. The largest absolute Gasteiger partial charge is 0.321 e. The van der Waals surface area contributed by atoms with Gasteiger partial charge in [0.05, 0.1) is 0 Å². The zero-order valence-corrected chi connectivity index (χ0v) is 10.00. The van der Waals surface area contributed by atoms with Crippen LogP contribution in [0.4, 0.5) is 4.39 Å². The quantitative estimate of drug-likeness (QED) is 0.839. The highest BCUT2D eigenvalue weighted by atomic mass is 79.9. The molecule has 1 aromatic rings. The molecule has 2 N–H and O–H groups in total. The Kier molecular flexibility index (Phi) is 3.56. The van der Waals surface area contributed by atoms with Crippen LogP contribution in [-0.4, -0.2) is 0 Å². The number of benzene rings is 1. The summed E-state index contributed by atoms with van der Waals surface area (Å²) in [7, 11) is 0. The molecule has 1 saturated carbocycles. The van der Waals surface area contributed by atoms with E-state index in [-0.39, 0.29) is 18.2 Å². The zero-order chi connectivity index (χ0) is 9.47. The van der Waals surface area contributed by atoms with Crippen molar-refractivity contribution in [1.82, 2.24) is 0 Å². The van der Waals surface area contributed by atoms with Crippen LogP contribution in [-0.2, 0) is 5.54 Å². The normalized spacial score (nSPS) is 18.2. The molecule has 78 valence electrons. The first kappa shape index (κ1) is 12.0. The van der Waals surface area contributed by atoms with Crippen molar-refractivity contribution in [2.45, 2.75) is 24.8 Å². The van der Waals surface area contributed by atoms with Crippen molar-refractivity contribution < 1.29 is 4.39 Å². The molecule has 2 rings (SSSR count). The highest BCUT2D eigenvalue weighted by molar-refractivity contribution is 9.10. The standard InChI is InChI=1S/C10H11BrFN.ClH/c11-7-2-3-8(9(12)6-7)10(13)4-1-5-10;/h2-3,6H,1,4-5,13H2;1H. The van der Waals surface area contributed by atoms with E-state index in [4.69, 9.17) is 5.73 Å². The van der Waals surface area contributed by atoms with Crippen LogP contribution in [0.1, 0.15) is 24.8 Å². The summed E-state index contributed by atoms with van der Waals surface area (Å²) in [5.74, 6) is -0.198. The van der Waals surface area contributed by atoms with Gasteiger partial charge >= 0.3 is 0 Å². The molecule has 0 unspecified atom stereocenters. The third kappa shape index (κ3) is 1.95. The summed E-state index contributed by atoms with van der Waals surface area (Å²) in [4.78, 5) is 0. The van der Waals surface area contributed by atoms with E-state index >= 15 is 0 Å². The van der Waals surface area contributed by atoms with Crippen molar-refractivity contribution in [3.8, 4) is 0 Å². The Labute approximate surface area is 97.4 Å². The molecule has 0 heterocycles. The minimum Gasteiger partial charge on any atom is -0.321 e. The van der Waals surface area contributed by atoms with Gasteiger partial charge in [-0.25, -0.2) is 4.39 Å². The lowest BCUT2D eigenvalue weighted by molar-refractivity contribution is 0.245. The first-order valence-corrected chi connectivity index (χ1v) is 5.15. The molecule has 1 fully saturated rings. The number of nitrogens with two attached hydrogens (primary N) is 1. The maximum Gasteiger partial charge on any atom is 0.129 e. The Morgan fingerprint density at radius 1 is 1.36 bits per heavy atom. The van der Waals surface area contributed by atoms with Gasteiger partial charge in [0.25, 0.3) is 0 Å². The molecule has 1 aliphatic rings. The smallest absolute Gasteiger partial charge is 0.129 e. The Morgan fingerprint density at radius 2 is 2.00 bits per heavy atom. The van der Waals surface area contributed by atoms with Crippen LogP contribution in [0.2, 0.25) is 0 Å². The van der Waals surface area contributed by atoms with Crippen molar-refractivity contribution in [3.05, 3.63) is 34.1 Å². The van der Waals surface area contributed by atoms with Crippen LogP contribution in [0, 0.1) is 5.82 Å². The fourth-order valence-corrected chi connectivity index (χ4v) is 2.05. The maximum absolute atomic E-state index is 13.5. The van der Waals surface area contributed by atoms with Gasteiger partial charge in [0.15, 0.2) is 0 Å². The average molecular weight is 281 g/mol. The summed E-state index contributed by atoms with van der Waals surface area (Å²) in [5.41, 5.74) is 6.28. The SMILES string of the molecule is Cl.NC1(c2ccc(Br)cc2F)CCC1. The lowest BCUT2D eigenvalue weighted by Crippen LogP contribution is -2.43. The second-order valence-corrected chi connectivity index (χ2v) is 4.55. The van der Waals surface area contributed by atoms with Crippen LogP contribution in [0.15, 0.2) is 22.7 Å². The molecule has 0 aromatic heterocycles. The lowest BCUT2D eigenvalue weighted by atomic mass is 9.72. The molecule has 1 aromatic carbocycles. The number of rotatable bonds is 1. The first-order chi connectivity index (χ1) is 6.12. The van der Waals surface area contributed by atoms with Crippen LogP contribution in [0.5, 0.6) is 0 Å². The van der Waals surface area contributed by atoms with Crippen LogP contribution in [0.25, 0.3) is 0 Å². The van der Waals surface area contributed by atoms with Crippen molar-refractivity contribution in [2.24, 2.45) is 5.73 Å². The summed E-state index contributed by atoms with van der Waals surface area (Å²) < 4.78 is 14.2. The summed E-state index contributed by atoms with van der Waals surface area (Å²) in [6, 6.07) is 5.09. The van der Waals surface area contributed by atoms with E-state index in [9.17, 15) is 4.39 Å². The topological polar surface area (TPSA) is 26.0 Å². The van der Waals surface area contributed by atoms with Gasteiger partial charge in [0, 0.05) is 15.6 Å². The lowest BCUT2D eigenvalue weighted by Gasteiger charge is -2.38. The Morgan fingerprint density at radius 3 is 2.43 bits per heavy atom. The fraction of sp³-hybridized carbons (Fsp3) is 0.400. The van der Waals surface area contributed by atoms with Gasteiger partial charge in [-0.2, -0.15) is 0 Å². The third-order valence-corrected chi connectivity index (χ3v) is 3.21. The predicted octanol–water partition coefficient (Wildman–Crippen LogP) is 3.35. The summed E-state index contributed by atoms with van der Waals surface area (Å²) in [6.07, 6.45) is 2.89. The molecular weight excluding hydrogens is 268 g/mol. The van der Waals surface area contributed by atoms with E-state index < -0.39 is 5.54 Å². The van der Waals surface area contributed by atoms with Gasteiger partial charge in [-0.1, -0.05) is 22.0 Å².